The lowest BCUT2D eigenvalue weighted by Crippen LogP contribution is -2.44. The van der Waals surface area contributed by atoms with Crippen LogP contribution in [0.1, 0.15) is 62.3 Å². The molecule has 5 nitrogen and oxygen atoms in total. The van der Waals surface area contributed by atoms with E-state index >= 15 is 0 Å². The summed E-state index contributed by atoms with van der Waals surface area (Å²) in [4.78, 5) is 26.2. The fraction of sp³-hybridized carbons (Fsp3) is 0.714. The van der Waals surface area contributed by atoms with Crippen LogP contribution in [0.15, 0.2) is 11.4 Å². The van der Waals surface area contributed by atoms with Gasteiger partial charge in [-0.25, -0.2) is 0 Å². The molecule has 7 heteroatoms. The molecule has 1 unspecified atom stereocenters. The predicted molar refractivity (Wildman–Crippen MR) is 116 cm³/mol. The molecule has 0 radical (unpaired) electrons. The first kappa shape index (κ1) is 23.2. The number of carbonyl (C=O) groups excluding carboxylic acids is 1. The molecule has 1 aromatic heterocycles. The molecule has 2 rings (SSSR count). The van der Waals surface area contributed by atoms with Crippen LogP contribution in [0.25, 0.3) is 0 Å². The van der Waals surface area contributed by atoms with Crippen molar-refractivity contribution < 1.29 is 19.8 Å². The molecule has 0 spiro atoms. The van der Waals surface area contributed by atoms with Crippen molar-refractivity contribution in [3.63, 3.8) is 0 Å². The number of carbonyl (C=O) groups is 2. The Balaban J connectivity index is 1.74. The number of aliphatic hydroxyl groups is 1. The first-order valence-electron chi connectivity index (χ1n) is 10.3. The SMILES string of the molecule is CCc1ccsc1CC(O)CC[C@H]1CCCC(=O)N1CCCCSCC(=O)O. The number of rotatable bonds is 13. The van der Waals surface area contributed by atoms with Gasteiger partial charge in [-0.2, -0.15) is 11.8 Å². The van der Waals surface area contributed by atoms with Crippen molar-refractivity contribution in [2.24, 2.45) is 0 Å². The molecule has 1 fully saturated rings. The lowest BCUT2D eigenvalue weighted by molar-refractivity contribution is -0.137. The zero-order chi connectivity index (χ0) is 20.4. The molecular weight excluding hydrogens is 394 g/mol. The number of aliphatic carboxylic acids is 1. The summed E-state index contributed by atoms with van der Waals surface area (Å²) in [6, 6.07) is 2.37. The molecule has 2 atom stereocenters. The van der Waals surface area contributed by atoms with Gasteiger partial charge < -0.3 is 15.1 Å². The largest absolute Gasteiger partial charge is 0.481 e. The highest BCUT2D eigenvalue weighted by molar-refractivity contribution is 7.99. The number of hydrogen-bond donors (Lipinski definition) is 2. The molecule has 1 saturated heterocycles. The third-order valence-corrected chi connectivity index (χ3v) is 7.34. The summed E-state index contributed by atoms with van der Waals surface area (Å²) in [5, 5.41) is 21.3. The number of aryl methyl sites for hydroxylation is 1. The maximum Gasteiger partial charge on any atom is 0.313 e. The number of thioether (sulfide) groups is 1. The van der Waals surface area contributed by atoms with E-state index in [9.17, 15) is 14.7 Å². The highest BCUT2D eigenvalue weighted by Crippen LogP contribution is 2.25. The Kier molecular flexibility index (Phi) is 10.4. The van der Waals surface area contributed by atoms with Crippen molar-refractivity contribution in [1.82, 2.24) is 4.90 Å². The molecular formula is C21H33NO4S2. The second kappa shape index (κ2) is 12.5. The average molecular weight is 428 g/mol. The van der Waals surface area contributed by atoms with Gasteiger partial charge in [-0.05, 0) is 67.7 Å². The smallest absolute Gasteiger partial charge is 0.313 e. The van der Waals surface area contributed by atoms with Crippen LogP contribution in [-0.4, -0.2) is 57.2 Å². The summed E-state index contributed by atoms with van der Waals surface area (Å²) in [6.07, 6.45) is 7.36. The Hall–Kier alpha value is -1.05. The lowest BCUT2D eigenvalue weighted by Gasteiger charge is -2.36. The molecule has 2 heterocycles. The van der Waals surface area contributed by atoms with Crippen LogP contribution in [0.2, 0.25) is 0 Å². The second-order valence-corrected chi connectivity index (χ2v) is 9.55. The summed E-state index contributed by atoms with van der Waals surface area (Å²) >= 11 is 3.15. The van der Waals surface area contributed by atoms with Crippen LogP contribution in [-0.2, 0) is 22.4 Å². The Morgan fingerprint density at radius 1 is 1.43 bits per heavy atom. The van der Waals surface area contributed by atoms with E-state index in [4.69, 9.17) is 5.11 Å². The van der Waals surface area contributed by atoms with Crippen LogP contribution in [0.4, 0.5) is 0 Å². The number of carboxylic acid groups (broad SMARTS) is 1. The summed E-state index contributed by atoms with van der Waals surface area (Å²) in [5.41, 5.74) is 1.33. The molecule has 28 heavy (non-hydrogen) atoms. The van der Waals surface area contributed by atoms with Gasteiger partial charge in [0.05, 0.1) is 11.9 Å². The highest BCUT2D eigenvalue weighted by atomic mass is 32.2. The van der Waals surface area contributed by atoms with E-state index in [1.807, 2.05) is 4.90 Å². The molecule has 1 aliphatic rings. The third-order valence-electron chi connectivity index (χ3n) is 5.33. The van der Waals surface area contributed by atoms with Gasteiger partial charge in [-0.3, -0.25) is 9.59 Å². The number of aliphatic hydroxyl groups excluding tert-OH is 1. The Labute approximate surface area is 176 Å². The van der Waals surface area contributed by atoms with Gasteiger partial charge >= 0.3 is 5.97 Å². The minimum absolute atomic E-state index is 0.146. The first-order valence-corrected chi connectivity index (χ1v) is 12.4. The van der Waals surface area contributed by atoms with E-state index in [0.717, 1.165) is 57.2 Å². The van der Waals surface area contributed by atoms with Crippen molar-refractivity contribution in [3.05, 3.63) is 21.9 Å². The van der Waals surface area contributed by atoms with Gasteiger partial charge in [-0.15, -0.1) is 11.3 Å². The van der Waals surface area contributed by atoms with Gasteiger partial charge in [0.2, 0.25) is 5.91 Å². The Bertz CT molecular complexity index is 619. The number of unbranched alkanes of at least 4 members (excludes halogenated alkanes) is 1. The molecule has 0 bridgehead atoms. The van der Waals surface area contributed by atoms with E-state index in [2.05, 4.69) is 18.4 Å². The fourth-order valence-corrected chi connectivity index (χ4v) is 5.58. The summed E-state index contributed by atoms with van der Waals surface area (Å²) in [5.74, 6) is 0.421. The predicted octanol–water partition coefficient (Wildman–Crippen LogP) is 3.97. The Morgan fingerprint density at radius 2 is 2.25 bits per heavy atom. The number of amides is 1. The number of hydrogen-bond acceptors (Lipinski definition) is 5. The van der Waals surface area contributed by atoms with Crippen LogP contribution in [0, 0.1) is 0 Å². The number of piperidine rings is 1. The van der Waals surface area contributed by atoms with Gasteiger partial charge in [-0.1, -0.05) is 6.92 Å². The maximum absolute atomic E-state index is 12.4. The first-order chi connectivity index (χ1) is 13.5. The standard InChI is InChI=1S/C21H33NO4S2/c1-2-16-10-13-28-19(16)14-18(23)9-8-17-6-5-7-20(24)22(17)11-3-4-12-27-15-21(25)26/h10,13,17-18,23H,2-9,11-12,14-15H2,1H3,(H,25,26)/t17-,18?/m1/s1. The van der Waals surface area contributed by atoms with Crippen molar-refractivity contribution in [2.45, 2.75) is 76.9 Å². The zero-order valence-electron chi connectivity index (χ0n) is 16.8. The molecule has 0 saturated carbocycles. The summed E-state index contributed by atoms with van der Waals surface area (Å²) in [6.45, 7) is 2.89. The number of likely N-dealkylation sites (tertiary alicyclic amines) is 1. The average Bonchev–Trinajstić information content (AvgIpc) is 3.11. The minimum Gasteiger partial charge on any atom is -0.481 e. The van der Waals surface area contributed by atoms with Gasteiger partial charge in [0.25, 0.3) is 0 Å². The molecule has 1 aliphatic heterocycles. The fourth-order valence-electron chi connectivity index (χ4n) is 3.81. The second-order valence-electron chi connectivity index (χ2n) is 7.44. The van der Waals surface area contributed by atoms with Crippen LogP contribution >= 0.6 is 23.1 Å². The van der Waals surface area contributed by atoms with Gasteiger partial charge in [0.15, 0.2) is 0 Å². The van der Waals surface area contributed by atoms with E-state index in [1.165, 1.54) is 22.2 Å². The summed E-state index contributed by atoms with van der Waals surface area (Å²) in [7, 11) is 0. The normalized spacial score (nSPS) is 18.4. The minimum atomic E-state index is -0.775. The molecule has 0 aromatic carbocycles. The van der Waals surface area contributed by atoms with Gasteiger partial charge in [0, 0.05) is 30.3 Å². The van der Waals surface area contributed by atoms with Crippen molar-refractivity contribution in [1.29, 1.82) is 0 Å². The molecule has 158 valence electrons. The lowest BCUT2D eigenvalue weighted by atomic mass is 9.94. The quantitative estimate of drug-likeness (QED) is 0.466. The van der Waals surface area contributed by atoms with E-state index in [1.54, 1.807) is 11.3 Å². The monoisotopic (exact) mass is 427 g/mol. The van der Waals surface area contributed by atoms with Crippen LogP contribution in [0.3, 0.4) is 0 Å². The topological polar surface area (TPSA) is 77.8 Å². The summed E-state index contributed by atoms with van der Waals surface area (Å²) < 4.78 is 0. The molecule has 0 aliphatic carbocycles. The number of nitrogens with zero attached hydrogens (tertiary/aromatic N) is 1. The van der Waals surface area contributed by atoms with Crippen molar-refractivity contribution in [3.8, 4) is 0 Å². The maximum atomic E-state index is 12.4. The van der Waals surface area contributed by atoms with Crippen LogP contribution < -0.4 is 0 Å². The van der Waals surface area contributed by atoms with Crippen molar-refractivity contribution >= 4 is 35.0 Å². The molecule has 1 aromatic rings. The molecule has 2 N–H and O–H groups in total. The number of thiophene rings is 1. The van der Waals surface area contributed by atoms with Crippen molar-refractivity contribution in [2.75, 3.05) is 18.1 Å². The van der Waals surface area contributed by atoms with Crippen LogP contribution in [0.5, 0.6) is 0 Å². The molecule has 1 amide bonds. The highest BCUT2D eigenvalue weighted by Gasteiger charge is 2.27. The number of carboxylic acids is 1. The zero-order valence-corrected chi connectivity index (χ0v) is 18.4. The Morgan fingerprint density at radius 3 is 3.00 bits per heavy atom. The third kappa shape index (κ3) is 7.76. The van der Waals surface area contributed by atoms with E-state index in [0.29, 0.717) is 12.8 Å². The van der Waals surface area contributed by atoms with E-state index < -0.39 is 5.97 Å². The van der Waals surface area contributed by atoms with Gasteiger partial charge in [0.1, 0.15) is 0 Å². The van der Waals surface area contributed by atoms with E-state index in [-0.39, 0.29) is 23.8 Å².